The summed E-state index contributed by atoms with van der Waals surface area (Å²) in [5.74, 6) is 0.603. The van der Waals surface area contributed by atoms with E-state index in [-0.39, 0.29) is 17.7 Å². The highest BCUT2D eigenvalue weighted by Gasteiger charge is 2.23. The Morgan fingerprint density at radius 1 is 1.26 bits per heavy atom. The maximum atomic E-state index is 12.5. The van der Waals surface area contributed by atoms with E-state index in [2.05, 4.69) is 5.16 Å². The number of nitrogens with two attached hydrogens (primary N) is 1. The average molecular weight is 269 g/mol. The summed E-state index contributed by atoms with van der Waals surface area (Å²) in [5.41, 5.74) is 5.46. The Morgan fingerprint density at radius 3 is 2.37 bits per heavy atom. The van der Waals surface area contributed by atoms with Crippen LogP contribution in [-0.2, 0) is 4.79 Å². The van der Waals surface area contributed by atoms with Crippen LogP contribution in [0.15, 0.2) is 5.16 Å². The van der Waals surface area contributed by atoms with Gasteiger partial charge in [0.25, 0.3) is 0 Å². The summed E-state index contributed by atoms with van der Waals surface area (Å²) in [6, 6.07) is 0. The number of hydrogen-bond donors (Lipinski definition) is 2. The molecule has 3 N–H and O–H groups in total. The van der Waals surface area contributed by atoms with Gasteiger partial charge >= 0.3 is 0 Å². The molecule has 0 aromatic heterocycles. The Labute approximate surface area is 115 Å². The van der Waals surface area contributed by atoms with Crippen LogP contribution in [0.1, 0.15) is 58.3 Å². The quantitative estimate of drug-likeness (QED) is 0.348. The van der Waals surface area contributed by atoms with Gasteiger partial charge in [0.05, 0.1) is 0 Å². The van der Waals surface area contributed by atoms with Crippen LogP contribution >= 0.6 is 0 Å². The molecule has 0 radical (unpaired) electrons. The van der Waals surface area contributed by atoms with E-state index in [0.717, 1.165) is 25.7 Å². The zero-order valence-electron chi connectivity index (χ0n) is 12.0. The number of amides is 1. The summed E-state index contributed by atoms with van der Waals surface area (Å²) >= 11 is 0. The Morgan fingerprint density at radius 2 is 1.84 bits per heavy atom. The molecule has 1 aliphatic carbocycles. The Hall–Kier alpha value is -1.26. The van der Waals surface area contributed by atoms with Crippen LogP contribution in [0.3, 0.4) is 0 Å². The summed E-state index contributed by atoms with van der Waals surface area (Å²) in [6.07, 6.45) is 8.59. The fourth-order valence-electron chi connectivity index (χ4n) is 2.68. The van der Waals surface area contributed by atoms with E-state index in [0.29, 0.717) is 19.5 Å². The van der Waals surface area contributed by atoms with Crippen molar-refractivity contribution in [3.63, 3.8) is 0 Å². The van der Waals surface area contributed by atoms with Gasteiger partial charge in [-0.3, -0.25) is 4.79 Å². The molecule has 1 amide bonds. The van der Waals surface area contributed by atoms with E-state index < -0.39 is 0 Å². The summed E-state index contributed by atoms with van der Waals surface area (Å²) in [4.78, 5) is 14.3. The predicted molar refractivity (Wildman–Crippen MR) is 76.1 cm³/mol. The molecule has 110 valence electrons. The zero-order valence-corrected chi connectivity index (χ0v) is 12.0. The molecule has 5 nitrogen and oxygen atoms in total. The number of nitrogens with zero attached hydrogens (tertiary/aromatic N) is 2. The van der Waals surface area contributed by atoms with Crippen molar-refractivity contribution in [2.45, 2.75) is 58.3 Å². The first kappa shape index (κ1) is 15.8. The predicted octanol–water partition coefficient (Wildman–Crippen LogP) is 2.33. The normalized spacial score (nSPS) is 18.7. The molecule has 0 spiro atoms. The third kappa shape index (κ3) is 5.49. The Kier molecular flexibility index (Phi) is 7.30. The molecule has 0 heterocycles. The van der Waals surface area contributed by atoms with Gasteiger partial charge in [0, 0.05) is 25.4 Å². The Balaban J connectivity index is 2.50. The van der Waals surface area contributed by atoms with Crippen molar-refractivity contribution >= 4 is 11.7 Å². The fraction of sp³-hybridized carbons (Fsp3) is 0.857. The molecule has 0 aliphatic heterocycles. The minimum atomic E-state index is 0.174. The molecule has 1 rings (SSSR count). The molecule has 0 aromatic rings. The lowest BCUT2D eigenvalue weighted by atomic mass is 9.90. The first-order valence-electron chi connectivity index (χ1n) is 7.44. The molecule has 0 bridgehead atoms. The van der Waals surface area contributed by atoms with Crippen LogP contribution in [0.2, 0.25) is 0 Å². The van der Waals surface area contributed by atoms with Crippen LogP contribution in [0.25, 0.3) is 0 Å². The number of amidine groups is 1. The molecule has 1 fully saturated rings. The van der Waals surface area contributed by atoms with Gasteiger partial charge in [-0.25, -0.2) is 0 Å². The summed E-state index contributed by atoms with van der Waals surface area (Å²) in [5, 5.41) is 11.5. The number of rotatable bonds is 5. The van der Waals surface area contributed by atoms with Crippen molar-refractivity contribution in [2.24, 2.45) is 16.8 Å². The van der Waals surface area contributed by atoms with E-state index in [9.17, 15) is 4.79 Å². The summed E-state index contributed by atoms with van der Waals surface area (Å²) in [7, 11) is 0. The molecule has 19 heavy (non-hydrogen) atoms. The van der Waals surface area contributed by atoms with E-state index in [4.69, 9.17) is 10.9 Å². The molecule has 0 saturated heterocycles. The van der Waals surface area contributed by atoms with Crippen LogP contribution in [0.5, 0.6) is 0 Å². The molecule has 1 aliphatic rings. The lowest BCUT2D eigenvalue weighted by molar-refractivity contribution is -0.135. The second kappa shape index (κ2) is 8.77. The first-order valence-corrected chi connectivity index (χ1v) is 7.44. The van der Waals surface area contributed by atoms with Gasteiger partial charge in [-0.05, 0) is 19.8 Å². The number of oxime groups is 1. The largest absolute Gasteiger partial charge is 0.409 e. The smallest absolute Gasteiger partial charge is 0.225 e. The molecule has 0 unspecified atom stereocenters. The van der Waals surface area contributed by atoms with Crippen LogP contribution in [0.4, 0.5) is 0 Å². The zero-order chi connectivity index (χ0) is 14.1. The van der Waals surface area contributed by atoms with Gasteiger partial charge in [0.1, 0.15) is 5.84 Å². The van der Waals surface area contributed by atoms with Gasteiger partial charge < -0.3 is 15.8 Å². The highest BCUT2D eigenvalue weighted by Crippen LogP contribution is 2.24. The van der Waals surface area contributed by atoms with Crippen LogP contribution in [0, 0.1) is 5.92 Å². The van der Waals surface area contributed by atoms with Gasteiger partial charge in [-0.1, -0.05) is 37.3 Å². The summed E-state index contributed by atoms with van der Waals surface area (Å²) in [6.45, 7) is 3.21. The molecular formula is C14H27N3O2. The van der Waals surface area contributed by atoms with Gasteiger partial charge in [-0.15, -0.1) is 0 Å². The van der Waals surface area contributed by atoms with Crippen molar-refractivity contribution in [1.82, 2.24) is 4.90 Å². The lowest BCUT2D eigenvalue weighted by Crippen LogP contribution is -2.38. The standard InChI is InChI=1S/C14H27N3O2/c1-2-17(11-10-13(15)16-19)14(18)12-8-6-4-3-5-7-9-12/h12,19H,2-11H2,1H3,(H2,15,16). The third-order valence-corrected chi connectivity index (χ3v) is 3.91. The fourth-order valence-corrected chi connectivity index (χ4v) is 2.68. The van der Waals surface area contributed by atoms with Crippen molar-refractivity contribution in [3.05, 3.63) is 0 Å². The van der Waals surface area contributed by atoms with Crippen molar-refractivity contribution in [3.8, 4) is 0 Å². The van der Waals surface area contributed by atoms with Gasteiger partial charge in [-0.2, -0.15) is 0 Å². The number of carbonyl (C=O) groups is 1. The average Bonchev–Trinajstić information content (AvgIpc) is 2.38. The Bertz CT molecular complexity index is 297. The number of carbonyl (C=O) groups excluding carboxylic acids is 1. The molecule has 0 aromatic carbocycles. The highest BCUT2D eigenvalue weighted by atomic mass is 16.4. The minimum absolute atomic E-state index is 0.174. The van der Waals surface area contributed by atoms with E-state index in [1.807, 2.05) is 11.8 Å². The monoisotopic (exact) mass is 269 g/mol. The topological polar surface area (TPSA) is 78.9 Å². The van der Waals surface area contributed by atoms with Gasteiger partial charge in [0.2, 0.25) is 5.91 Å². The number of hydrogen-bond acceptors (Lipinski definition) is 3. The van der Waals surface area contributed by atoms with Crippen molar-refractivity contribution in [2.75, 3.05) is 13.1 Å². The second-order valence-electron chi connectivity index (χ2n) is 5.30. The minimum Gasteiger partial charge on any atom is -0.409 e. The highest BCUT2D eigenvalue weighted by molar-refractivity contribution is 5.82. The first-order chi connectivity index (χ1) is 9.19. The van der Waals surface area contributed by atoms with Crippen LogP contribution in [-0.4, -0.2) is 34.9 Å². The van der Waals surface area contributed by atoms with E-state index >= 15 is 0 Å². The molecule has 5 heteroatoms. The second-order valence-corrected chi connectivity index (χ2v) is 5.30. The van der Waals surface area contributed by atoms with E-state index in [1.165, 1.54) is 19.3 Å². The SMILES string of the molecule is CCN(CCC(N)=NO)C(=O)C1CCCCCCC1. The van der Waals surface area contributed by atoms with Crippen LogP contribution < -0.4 is 5.73 Å². The maximum absolute atomic E-state index is 12.5. The summed E-state index contributed by atoms with van der Waals surface area (Å²) < 4.78 is 0. The van der Waals surface area contributed by atoms with Crippen molar-refractivity contribution < 1.29 is 10.0 Å². The van der Waals surface area contributed by atoms with E-state index in [1.54, 1.807) is 0 Å². The third-order valence-electron chi connectivity index (χ3n) is 3.91. The van der Waals surface area contributed by atoms with Crippen molar-refractivity contribution in [1.29, 1.82) is 0 Å². The maximum Gasteiger partial charge on any atom is 0.225 e. The van der Waals surface area contributed by atoms with Gasteiger partial charge in [0.15, 0.2) is 0 Å². The lowest BCUT2D eigenvalue weighted by Gasteiger charge is -2.27. The molecule has 1 saturated carbocycles. The molecule has 0 atom stereocenters. The molecular weight excluding hydrogens is 242 g/mol.